The van der Waals surface area contributed by atoms with Gasteiger partial charge in [-0.3, -0.25) is 9.48 Å². The van der Waals surface area contributed by atoms with E-state index in [1.165, 1.54) is 5.56 Å². The third-order valence-corrected chi connectivity index (χ3v) is 5.55. The van der Waals surface area contributed by atoms with Crippen LogP contribution in [0.4, 0.5) is 5.69 Å². The lowest BCUT2D eigenvalue weighted by Crippen LogP contribution is -2.38. The molecule has 1 aromatic carbocycles. The van der Waals surface area contributed by atoms with Crippen LogP contribution in [0.25, 0.3) is 0 Å². The molecule has 1 amide bonds. The maximum Gasteiger partial charge on any atom is 0.248 e. The van der Waals surface area contributed by atoms with E-state index in [-0.39, 0.29) is 5.91 Å². The highest BCUT2D eigenvalue weighted by Crippen LogP contribution is 2.27. The average molecular weight is 395 g/mol. The third kappa shape index (κ3) is 2.71. The van der Waals surface area contributed by atoms with Gasteiger partial charge in [-0.15, -0.1) is 0 Å². The maximum absolute atomic E-state index is 12.7. The summed E-state index contributed by atoms with van der Waals surface area (Å²) in [6, 6.07) is 8.19. The Morgan fingerprint density at radius 2 is 2.10 bits per heavy atom. The van der Waals surface area contributed by atoms with Crippen molar-refractivity contribution in [2.24, 2.45) is 0 Å². The normalized spacial score (nSPS) is 14.1. The minimum absolute atomic E-state index is 0.115. The molecule has 5 heteroatoms. The van der Waals surface area contributed by atoms with Crippen LogP contribution in [-0.2, 0) is 17.8 Å². The topological polar surface area (TPSA) is 38.1 Å². The van der Waals surface area contributed by atoms with E-state index in [1.54, 1.807) is 0 Å². The summed E-state index contributed by atoms with van der Waals surface area (Å²) < 4.78 is 2.95. The van der Waals surface area contributed by atoms with Crippen LogP contribution in [0, 0.1) is 17.4 Å². The van der Waals surface area contributed by atoms with E-state index in [4.69, 9.17) is 0 Å². The van der Waals surface area contributed by atoms with Crippen molar-refractivity contribution >= 4 is 34.2 Å². The van der Waals surface area contributed by atoms with Crippen molar-refractivity contribution in [2.75, 3.05) is 11.4 Å². The summed E-state index contributed by atoms with van der Waals surface area (Å²) in [7, 11) is 0. The smallest absolute Gasteiger partial charge is 0.248 e. The Kier molecular flexibility index (Phi) is 4.01. The van der Waals surface area contributed by atoms with Crippen molar-refractivity contribution in [3.05, 3.63) is 44.8 Å². The Morgan fingerprint density at radius 1 is 1.33 bits per heavy atom. The van der Waals surface area contributed by atoms with Gasteiger partial charge >= 0.3 is 0 Å². The molecule has 4 nitrogen and oxygen atoms in total. The maximum atomic E-state index is 12.7. The van der Waals surface area contributed by atoms with Crippen LogP contribution >= 0.6 is 22.6 Å². The second-order valence-electron chi connectivity index (χ2n) is 5.42. The van der Waals surface area contributed by atoms with Gasteiger partial charge in [0.1, 0.15) is 6.54 Å². The lowest BCUT2D eigenvalue weighted by Gasteiger charge is -2.29. The molecule has 0 unspecified atom stereocenters. The van der Waals surface area contributed by atoms with E-state index in [2.05, 4.69) is 33.8 Å². The second-order valence-corrected chi connectivity index (χ2v) is 6.50. The molecule has 0 saturated carbocycles. The molecule has 1 aliphatic rings. The highest BCUT2D eigenvalue weighted by Gasteiger charge is 2.23. The van der Waals surface area contributed by atoms with Gasteiger partial charge in [-0.1, -0.05) is 18.2 Å². The Hall–Kier alpha value is -1.37. The number of nitrogens with zero attached hydrogens (tertiary/aromatic N) is 3. The van der Waals surface area contributed by atoms with Crippen molar-refractivity contribution in [1.29, 1.82) is 0 Å². The number of amides is 1. The van der Waals surface area contributed by atoms with E-state index in [0.717, 1.165) is 40.0 Å². The number of aromatic nitrogens is 2. The van der Waals surface area contributed by atoms with Gasteiger partial charge in [-0.05, 0) is 60.9 Å². The molecule has 0 atom stereocenters. The van der Waals surface area contributed by atoms with E-state index < -0.39 is 0 Å². The lowest BCUT2D eigenvalue weighted by molar-refractivity contribution is -0.119. The fraction of sp³-hybridized carbons (Fsp3) is 0.375. The number of halogens is 1. The monoisotopic (exact) mass is 395 g/mol. The van der Waals surface area contributed by atoms with Crippen molar-refractivity contribution in [3.63, 3.8) is 0 Å². The number of anilines is 1. The summed E-state index contributed by atoms with van der Waals surface area (Å²) in [6.07, 6.45) is 2.08. The summed E-state index contributed by atoms with van der Waals surface area (Å²) in [4.78, 5) is 14.6. The minimum Gasteiger partial charge on any atom is -0.311 e. The molecule has 2 aromatic rings. The number of hydrogen-bond acceptors (Lipinski definition) is 2. The van der Waals surface area contributed by atoms with Crippen LogP contribution in [0.2, 0.25) is 0 Å². The molecule has 1 aromatic heterocycles. The molecule has 2 heterocycles. The number of carbonyl (C=O) groups is 1. The van der Waals surface area contributed by atoms with Crippen LogP contribution in [0.15, 0.2) is 24.3 Å². The Morgan fingerprint density at radius 3 is 2.81 bits per heavy atom. The number of benzene rings is 1. The fourth-order valence-corrected chi connectivity index (χ4v) is 3.22. The molecular weight excluding hydrogens is 377 g/mol. The van der Waals surface area contributed by atoms with Gasteiger partial charge in [0.15, 0.2) is 0 Å². The van der Waals surface area contributed by atoms with Crippen molar-refractivity contribution in [1.82, 2.24) is 9.78 Å². The van der Waals surface area contributed by atoms with Gasteiger partial charge < -0.3 is 4.90 Å². The van der Waals surface area contributed by atoms with Crippen molar-refractivity contribution in [2.45, 2.75) is 33.2 Å². The third-order valence-electron chi connectivity index (χ3n) is 3.99. The zero-order chi connectivity index (χ0) is 15.0. The number of carbonyl (C=O) groups excluding carboxylic acids is 1. The Labute approximate surface area is 138 Å². The first-order valence-electron chi connectivity index (χ1n) is 7.15. The van der Waals surface area contributed by atoms with Gasteiger partial charge in [-0.2, -0.15) is 5.10 Å². The van der Waals surface area contributed by atoms with Gasteiger partial charge in [0.25, 0.3) is 0 Å². The largest absolute Gasteiger partial charge is 0.311 e. The number of fused-ring (bicyclic) bond motifs is 1. The van der Waals surface area contributed by atoms with Gasteiger partial charge in [0, 0.05) is 17.9 Å². The summed E-state index contributed by atoms with van der Waals surface area (Å²) in [5.41, 5.74) is 4.37. The zero-order valence-electron chi connectivity index (χ0n) is 12.3. The summed E-state index contributed by atoms with van der Waals surface area (Å²) in [5, 5.41) is 4.46. The zero-order valence-corrected chi connectivity index (χ0v) is 14.4. The van der Waals surface area contributed by atoms with E-state index in [1.807, 2.05) is 41.6 Å². The molecule has 0 saturated heterocycles. The highest BCUT2D eigenvalue weighted by molar-refractivity contribution is 14.1. The molecule has 1 aliphatic heterocycles. The van der Waals surface area contributed by atoms with Crippen LogP contribution in [0.1, 0.15) is 23.4 Å². The van der Waals surface area contributed by atoms with Crippen LogP contribution < -0.4 is 4.90 Å². The van der Waals surface area contributed by atoms with E-state index in [0.29, 0.717) is 6.54 Å². The molecule has 0 radical (unpaired) electrons. The summed E-state index contributed by atoms with van der Waals surface area (Å²) in [6.45, 7) is 5.10. The molecular formula is C16H18IN3O. The SMILES string of the molecule is Cc1nn(CC(=O)N2CCCc3ccccc32)c(C)c1I. The molecule has 0 aliphatic carbocycles. The Bertz CT molecular complexity index is 693. The quantitative estimate of drug-likeness (QED) is 0.734. The van der Waals surface area contributed by atoms with Gasteiger partial charge in [-0.25, -0.2) is 0 Å². The number of hydrogen-bond donors (Lipinski definition) is 0. The fourth-order valence-electron chi connectivity index (χ4n) is 2.84. The van der Waals surface area contributed by atoms with Crippen LogP contribution in [0.5, 0.6) is 0 Å². The van der Waals surface area contributed by atoms with Crippen LogP contribution in [-0.4, -0.2) is 22.2 Å². The average Bonchev–Trinajstić information content (AvgIpc) is 2.74. The van der Waals surface area contributed by atoms with E-state index >= 15 is 0 Å². The molecule has 3 rings (SSSR count). The number of para-hydroxylation sites is 1. The van der Waals surface area contributed by atoms with Gasteiger partial charge in [0.2, 0.25) is 5.91 Å². The molecule has 0 fully saturated rings. The molecule has 21 heavy (non-hydrogen) atoms. The van der Waals surface area contributed by atoms with Crippen LogP contribution in [0.3, 0.4) is 0 Å². The molecule has 0 bridgehead atoms. The lowest BCUT2D eigenvalue weighted by atomic mass is 10.0. The van der Waals surface area contributed by atoms with Crippen molar-refractivity contribution in [3.8, 4) is 0 Å². The predicted octanol–water partition coefficient (Wildman–Crippen LogP) is 3.08. The van der Waals surface area contributed by atoms with Crippen molar-refractivity contribution < 1.29 is 4.79 Å². The molecule has 0 spiro atoms. The molecule has 110 valence electrons. The Balaban J connectivity index is 1.85. The first-order valence-corrected chi connectivity index (χ1v) is 8.23. The number of aryl methyl sites for hydroxylation is 2. The minimum atomic E-state index is 0.115. The first kappa shape index (κ1) is 14.6. The summed E-state index contributed by atoms with van der Waals surface area (Å²) >= 11 is 2.28. The molecule has 0 N–H and O–H groups in total. The predicted molar refractivity (Wildman–Crippen MR) is 91.5 cm³/mol. The summed E-state index contributed by atoms with van der Waals surface area (Å²) in [5.74, 6) is 0.115. The number of rotatable bonds is 2. The van der Waals surface area contributed by atoms with Gasteiger partial charge in [0.05, 0.1) is 9.26 Å². The first-order chi connectivity index (χ1) is 10.1. The van der Waals surface area contributed by atoms with E-state index in [9.17, 15) is 4.79 Å². The standard InChI is InChI=1S/C16H18IN3O/c1-11-16(17)12(2)20(18-11)10-15(21)19-9-5-7-13-6-3-4-8-14(13)19/h3-4,6,8H,5,7,9-10H2,1-2H3. The highest BCUT2D eigenvalue weighted by atomic mass is 127. The second kappa shape index (κ2) is 5.79.